The van der Waals surface area contributed by atoms with E-state index in [9.17, 15) is 9.59 Å². The number of oxazole rings is 1. The molecule has 0 saturated carbocycles. The molecule has 0 fully saturated rings. The van der Waals surface area contributed by atoms with Gasteiger partial charge in [-0.3, -0.25) is 9.78 Å². The van der Waals surface area contributed by atoms with E-state index in [1.165, 1.54) is 0 Å². The summed E-state index contributed by atoms with van der Waals surface area (Å²) in [5.41, 5.74) is 2.88. The number of halogens is 1. The molecule has 0 aliphatic carbocycles. The van der Waals surface area contributed by atoms with E-state index in [4.69, 9.17) is 4.42 Å². The van der Waals surface area contributed by atoms with Crippen LogP contribution in [-0.4, -0.2) is 15.9 Å². The first-order valence-corrected chi connectivity index (χ1v) is 7.60. The van der Waals surface area contributed by atoms with Crippen molar-refractivity contribution in [2.75, 3.05) is 5.32 Å². The first-order chi connectivity index (χ1) is 11.1. The van der Waals surface area contributed by atoms with E-state index >= 15 is 0 Å². The van der Waals surface area contributed by atoms with Crippen LogP contribution in [0.3, 0.4) is 0 Å². The topological polar surface area (TPSA) is 90.9 Å². The lowest BCUT2D eigenvalue weighted by atomic mass is 10.2. The van der Waals surface area contributed by atoms with E-state index in [0.29, 0.717) is 22.5 Å². The van der Waals surface area contributed by atoms with E-state index < -0.39 is 5.76 Å². The van der Waals surface area contributed by atoms with Crippen LogP contribution < -0.4 is 11.1 Å². The van der Waals surface area contributed by atoms with Crippen molar-refractivity contribution in [1.29, 1.82) is 0 Å². The molecule has 4 rings (SSSR count). The monoisotopic (exact) mass is 371 g/mol. The number of H-pyrrole nitrogens is 2. The van der Waals surface area contributed by atoms with Gasteiger partial charge in [0.25, 0.3) is 5.91 Å². The van der Waals surface area contributed by atoms with Crippen molar-refractivity contribution in [3.05, 3.63) is 63.2 Å². The van der Waals surface area contributed by atoms with E-state index in [2.05, 4.69) is 31.2 Å². The number of hydrogen-bond acceptors (Lipinski definition) is 3. The van der Waals surface area contributed by atoms with Crippen molar-refractivity contribution in [1.82, 2.24) is 9.97 Å². The summed E-state index contributed by atoms with van der Waals surface area (Å²) >= 11 is 3.40. The van der Waals surface area contributed by atoms with Crippen molar-refractivity contribution < 1.29 is 9.21 Å². The van der Waals surface area contributed by atoms with Gasteiger partial charge in [-0.2, -0.15) is 0 Å². The van der Waals surface area contributed by atoms with E-state index in [1.807, 2.05) is 18.2 Å². The summed E-state index contributed by atoms with van der Waals surface area (Å²) in [6.45, 7) is 0. The fourth-order valence-corrected chi connectivity index (χ4v) is 2.81. The molecule has 0 saturated heterocycles. The molecule has 114 valence electrons. The lowest BCUT2D eigenvalue weighted by Crippen LogP contribution is -2.12. The van der Waals surface area contributed by atoms with Crippen LogP contribution in [-0.2, 0) is 0 Å². The van der Waals surface area contributed by atoms with Gasteiger partial charge >= 0.3 is 5.76 Å². The van der Waals surface area contributed by atoms with Gasteiger partial charge in [0.1, 0.15) is 5.69 Å². The summed E-state index contributed by atoms with van der Waals surface area (Å²) in [7, 11) is 0. The number of carbonyl (C=O) groups is 1. The summed E-state index contributed by atoms with van der Waals surface area (Å²) in [5.74, 6) is -0.785. The Morgan fingerprint density at radius 3 is 2.78 bits per heavy atom. The van der Waals surface area contributed by atoms with Crippen molar-refractivity contribution in [2.45, 2.75) is 0 Å². The summed E-state index contributed by atoms with van der Waals surface area (Å²) < 4.78 is 5.87. The molecule has 0 radical (unpaired) electrons. The Labute approximate surface area is 137 Å². The van der Waals surface area contributed by atoms with Gasteiger partial charge in [0, 0.05) is 21.1 Å². The molecule has 2 heterocycles. The molecule has 0 unspecified atom stereocenters. The van der Waals surface area contributed by atoms with Gasteiger partial charge < -0.3 is 14.7 Å². The number of rotatable bonds is 2. The van der Waals surface area contributed by atoms with Gasteiger partial charge in [-0.05, 0) is 36.4 Å². The van der Waals surface area contributed by atoms with Gasteiger partial charge in [-0.25, -0.2) is 4.79 Å². The van der Waals surface area contributed by atoms with Gasteiger partial charge in [-0.1, -0.05) is 22.0 Å². The van der Waals surface area contributed by atoms with E-state index in [0.717, 1.165) is 15.4 Å². The highest BCUT2D eigenvalue weighted by Crippen LogP contribution is 2.21. The standard InChI is InChI=1S/C16H10BrN3O3/c17-9-2-1-8-5-13(19-11(8)6-9)15(21)18-10-3-4-14-12(7-10)20-16(22)23-14/h1-7,19H,(H,18,21)(H,20,22). The van der Waals surface area contributed by atoms with Crippen LogP contribution in [0.25, 0.3) is 22.0 Å². The van der Waals surface area contributed by atoms with Crippen LogP contribution in [0, 0.1) is 0 Å². The van der Waals surface area contributed by atoms with E-state index in [1.54, 1.807) is 24.3 Å². The molecule has 0 spiro atoms. The number of benzene rings is 2. The molecule has 4 aromatic rings. The smallest absolute Gasteiger partial charge is 0.408 e. The SMILES string of the molecule is O=C(Nc1ccc2oc(=O)[nH]c2c1)c1cc2ccc(Br)cc2[nH]1. The van der Waals surface area contributed by atoms with Gasteiger partial charge in [0.15, 0.2) is 5.58 Å². The number of nitrogens with one attached hydrogen (secondary N) is 3. The summed E-state index contributed by atoms with van der Waals surface area (Å²) in [6, 6.07) is 12.5. The molecule has 3 N–H and O–H groups in total. The van der Waals surface area contributed by atoms with Crippen molar-refractivity contribution in [2.24, 2.45) is 0 Å². The molecule has 7 heteroatoms. The normalized spacial score (nSPS) is 11.2. The van der Waals surface area contributed by atoms with Gasteiger partial charge in [0.05, 0.1) is 5.52 Å². The zero-order valence-corrected chi connectivity index (χ0v) is 13.2. The number of fused-ring (bicyclic) bond motifs is 2. The fraction of sp³-hybridized carbons (Fsp3) is 0. The maximum absolute atomic E-state index is 12.4. The first kappa shape index (κ1) is 13.8. The largest absolute Gasteiger partial charge is 0.417 e. The third-order valence-corrected chi connectivity index (χ3v) is 4.00. The second-order valence-corrected chi connectivity index (χ2v) is 6.01. The summed E-state index contributed by atoms with van der Waals surface area (Å²) in [5, 5.41) is 3.74. The van der Waals surface area contributed by atoms with Crippen molar-refractivity contribution in [3.8, 4) is 0 Å². The Hall–Kier alpha value is -2.80. The molecule has 0 bridgehead atoms. The Kier molecular flexibility index (Phi) is 3.09. The fourth-order valence-electron chi connectivity index (χ4n) is 2.45. The minimum Gasteiger partial charge on any atom is -0.408 e. The first-order valence-electron chi connectivity index (χ1n) is 6.81. The molecule has 2 aromatic heterocycles. The molecule has 0 atom stereocenters. The lowest BCUT2D eigenvalue weighted by Gasteiger charge is -2.03. The van der Waals surface area contributed by atoms with Crippen LogP contribution in [0.15, 0.2) is 56.1 Å². The Balaban J connectivity index is 1.65. The minimum atomic E-state index is -0.523. The maximum atomic E-state index is 12.4. The molecule has 23 heavy (non-hydrogen) atoms. The molecule has 2 aromatic carbocycles. The maximum Gasteiger partial charge on any atom is 0.417 e. The van der Waals surface area contributed by atoms with Crippen LogP contribution >= 0.6 is 15.9 Å². The number of anilines is 1. The Bertz CT molecular complexity index is 1110. The van der Waals surface area contributed by atoms with Crippen molar-refractivity contribution >= 4 is 49.5 Å². The second-order valence-electron chi connectivity index (χ2n) is 5.09. The average Bonchev–Trinajstić information content (AvgIpc) is 3.08. The number of aromatic nitrogens is 2. The van der Waals surface area contributed by atoms with Crippen LogP contribution in [0.4, 0.5) is 5.69 Å². The third kappa shape index (κ3) is 2.55. The summed E-state index contributed by atoms with van der Waals surface area (Å²) in [6.07, 6.45) is 0. The lowest BCUT2D eigenvalue weighted by molar-refractivity contribution is 0.102. The second kappa shape index (κ2) is 5.13. The summed E-state index contributed by atoms with van der Waals surface area (Å²) in [4.78, 5) is 29.1. The molecule has 1 amide bonds. The van der Waals surface area contributed by atoms with Gasteiger partial charge in [-0.15, -0.1) is 0 Å². The van der Waals surface area contributed by atoms with E-state index in [-0.39, 0.29) is 5.91 Å². The molecular formula is C16H10BrN3O3. The molecule has 0 aliphatic heterocycles. The third-order valence-electron chi connectivity index (χ3n) is 3.51. The number of carbonyl (C=O) groups excluding carboxylic acids is 1. The van der Waals surface area contributed by atoms with Crippen LogP contribution in [0.5, 0.6) is 0 Å². The highest BCUT2D eigenvalue weighted by Gasteiger charge is 2.11. The molecular weight excluding hydrogens is 362 g/mol. The minimum absolute atomic E-state index is 0.262. The van der Waals surface area contributed by atoms with Crippen LogP contribution in [0.1, 0.15) is 10.5 Å². The highest BCUT2D eigenvalue weighted by atomic mass is 79.9. The number of aromatic amines is 2. The quantitative estimate of drug-likeness (QED) is 0.502. The predicted octanol–water partition coefficient (Wildman–Crippen LogP) is 3.62. The zero-order chi connectivity index (χ0) is 16.0. The molecule has 6 nitrogen and oxygen atoms in total. The average molecular weight is 372 g/mol. The zero-order valence-electron chi connectivity index (χ0n) is 11.6. The Morgan fingerprint density at radius 1 is 1.04 bits per heavy atom. The highest BCUT2D eigenvalue weighted by molar-refractivity contribution is 9.10. The Morgan fingerprint density at radius 2 is 1.91 bits per heavy atom. The molecule has 0 aliphatic rings. The van der Waals surface area contributed by atoms with Gasteiger partial charge in [0.2, 0.25) is 0 Å². The predicted molar refractivity (Wildman–Crippen MR) is 90.8 cm³/mol. The number of hydrogen-bond donors (Lipinski definition) is 3. The van der Waals surface area contributed by atoms with Crippen LogP contribution in [0.2, 0.25) is 0 Å². The number of amides is 1. The van der Waals surface area contributed by atoms with Crippen molar-refractivity contribution in [3.63, 3.8) is 0 Å².